The summed E-state index contributed by atoms with van der Waals surface area (Å²) in [6, 6.07) is 6.81. The van der Waals surface area contributed by atoms with E-state index in [1.165, 1.54) is 7.11 Å². The van der Waals surface area contributed by atoms with Crippen LogP contribution in [0.5, 0.6) is 5.75 Å². The largest absolute Gasteiger partial charge is 0.496 e. The number of benzene rings is 1. The molecule has 1 heterocycles. The van der Waals surface area contributed by atoms with Crippen molar-refractivity contribution in [1.29, 1.82) is 0 Å². The molecule has 1 aromatic carbocycles. The fourth-order valence-corrected chi connectivity index (χ4v) is 3.13. The summed E-state index contributed by atoms with van der Waals surface area (Å²) < 4.78 is 16.0. The molecule has 3 unspecified atom stereocenters. The van der Waals surface area contributed by atoms with Gasteiger partial charge in [-0.3, -0.25) is 14.4 Å². The van der Waals surface area contributed by atoms with Crippen molar-refractivity contribution in [2.45, 2.75) is 45.5 Å². The fraction of sp³-hybridized carbons (Fsp3) is 0.550. The van der Waals surface area contributed by atoms with Crippen LogP contribution in [0, 0.1) is 0 Å². The Morgan fingerprint density at radius 2 is 1.86 bits per heavy atom. The third-order valence-electron chi connectivity index (χ3n) is 4.35. The Morgan fingerprint density at radius 3 is 2.50 bits per heavy atom. The monoisotopic (exact) mass is 392 g/mol. The number of para-hydroxylation sites is 1. The van der Waals surface area contributed by atoms with Crippen molar-refractivity contribution in [2.75, 3.05) is 26.7 Å². The van der Waals surface area contributed by atoms with Gasteiger partial charge in [0.05, 0.1) is 31.3 Å². The lowest BCUT2D eigenvalue weighted by Gasteiger charge is -2.36. The van der Waals surface area contributed by atoms with Gasteiger partial charge in [-0.1, -0.05) is 12.1 Å². The van der Waals surface area contributed by atoms with Gasteiger partial charge in [-0.15, -0.1) is 0 Å². The SMILES string of the molecule is COc1ccccc1C(=O)NCCC(=O)OC(C)C(=O)N1CC(C)OC(C)C1. The lowest BCUT2D eigenvalue weighted by atomic mass is 10.2. The minimum Gasteiger partial charge on any atom is -0.496 e. The number of amides is 2. The first-order valence-electron chi connectivity index (χ1n) is 9.36. The van der Waals surface area contributed by atoms with Gasteiger partial charge in [0.1, 0.15) is 5.75 Å². The highest BCUT2D eigenvalue weighted by Gasteiger charge is 2.30. The molecule has 0 bridgehead atoms. The second-order valence-corrected chi connectivity index (χ2v) is 6.84. The second kappa shape index (κ2) is 10.1. The number of rotatable bonds is 7. The Labute approximate surface area is 165 Å². The molecule has 154 valence electrons. The van der Waals surface area contributed by atoms with Gasteiger partial charge in [0.15, 0.2) is 6.10 Å². The Kier molecular flexibility index (Phi) is 7.80. The minimum absolute atomic E-state index is 0.0333. The van der Waals surface area contributed by atoms with Crippen LogP contribution in [-0.4, -0.2) is 67.7 Å². The van der Waals surface area contributed by atoms with Gasteiger partial charge in [0.2, 0.25) is 0 Å². The van der Waals surface area contributed by atoms with Crippen LogP contribution in [-0.2, 0) is 19.1 Å². The molecule has 2 rings (SSSR count). The van der Waals surface area contributed by atoms with Crippen molar-refractivity contribution in [3.05, 3.63) is 29.8 Å². The second-order valence-electron chi connectivity index (χ2n) is 6.84. The molecule has 8 nitrogen and oxygen atoms in total. The molecular formula is C20H28N2O6. The number of carbonyl (C=O) groups excluding carboxylic acids is 3. The minimum atomic E-state index is -0.880. The highest BCUT2D eigenvalue weighted by molar-refractivity contribution is 5.97. The molecule has 1 aliphatic heterocycles. The number of ether oxygens (including phenoxy) is 3. The van der Waals surface area contributed by atoms with Crippen molar-refractivity contribution < 1.29 is 28.6 Å². The van der Waals surface area contributed by atoms with Crippen LogP contribution in [0.2, 0.25) is 0 Å². The van der Waals surface area contributed by atoms with Crippen LogP contribution in [0.1, 0.15) is 37.6 Å². The maximum atomic E-state index is 12.5. The molecule has 1 fully saturated rings. The Hall–Kier alpha value is -2.61. The average Bonchev–Trinajstić information content (AvgIpc) is 2.66. The van der Waals surface area contributed by atoms with E-state index in [2.05, 4.69) is 5.32 Å². The third-order valence-corrected chi connectivity index (χ3v) is 4.35. The summed E-state index contributed by atoms with van der Waals surface area (Å²) in [7, 11) is 1.48. The van der Waals surface area contributed by atoms with Gasteiger partial charge >= 0.3 is 5.97 Å². The number of esters is 1. The van der Waals surface area contributed by atoms with E-state index in [1.807, 2.05) is 13.8 Å². The van der Waals surface area contributed by atoms with Gasteiger partial charge in [0, 0.05) is 19.6 Å². The molecule has 8 heteroatoms. The van der Waals surface area contributed by atoms with Gasteiger partial charge in [-0.05, 0) is 32.9 Å². The van der Waals surface area contributed by atoms with Crippen molar-refractivity contribution in [1.82, 2.24) is 10.2 Å². The molecule has 3 atom stereocenters. The zero-order chi connectivity index (χ0) is 20.7. The van der Waals surface area contributed by atoms with Crippen molar-refractivity contribution in [3.8, 4) is 5.75 Å². The van der Waals surface area contributed by atoms with Crippen molar-refractivity contribution in [3.63, 3.8) is 0 Å². The number of hydrogen-bond donors (Lipinski definition) is 1. The van der Waals surface area contributed by atoms with Crippen LogP contribution in [0.4, 0.5) is 0 Å². The standard InChI is InChI=1S/C20H28N2O6/c1-13-11-22(12-14(2)27-13)20(25)15(3)28-18(23)9-10-21-19(24)16-7-5-6-8-17(16)26-4/h5-8,13-15H,9-12H2,1-4H3,(H,21,24). The first kappa shape index (κ1) is 21.7. The number of nitrogens with zero attached hydrogens (tertiary/aromatic N) is 1. The molecule has 0 aromatic heterocycles. The van der Waals surface area contributed by atoms with E-state index in [0.717, 1.165) is 0 Å². The van der Waals surface area contributed by atoms with Gasteiger partial charge in [-0.2, -0.15) is 0 Å². The summed E-state index contributed by atoms with van der Waals surface area (Å²) in [5, 5.41) is 2.65. The van der Waals surface area contributed by atoms with Gasteiger partial charge in [-0.25, -0.2) is 0 Å². The summed E-state index contributed by atoms with van der Waals surface area (Å²) in [6.45, 7) is 6.40. The number of morpholine rings is 1. The molecule has 1 aliphatic rings. The summed E-state index contributed by atoms with van der Waals surface area (Å²) in [5.74, 6) is -0.676. The quantitative estimate of drug-likeness (QED) is 0.705. The molecule has 1 saturated heterocycles. The number of methoxy groups -OCH3 is 1. The number of carbonyl (C=O) groups is 3. The number of nitrogens with one attached hydrogen (secondary N) is 1. The summed E-state index contributed by atoms with van der Waals surface area (Å²) in [5.41, 5.74) is 0.387. The van der Waals surface area contributed by atoms with E-state index in [0.29, 0.717) is 24.4 Å². The lowest BCUT2D eigenvalue weighted by molar-refractivity contribution is -0.164. The van der Waals surface area contributed by atoms with E-state index in [4.69, 9.17) is 14.2 Å². The highest BCUT2D eigenvalue weighted by atomic mass is 16.5. The molecule has 1 N–H and O–H groups in total. The fourth-order valence-electron chi connectivity index (χ4n) is 3.13. The first-order chi connectivity index (χ1) is 13.3. The van der Waals surface area contributed by atoms with E-state index in [9.17, 15) is 14.4 Å². The summed E-state index contributed by atoms with van der Waals surface area (Å²) in [4.78, 5) is 38.3. The molecular weight excluding hydrogens is 364 g/mol. The molecule has 0 radical (unpaired) electrons. The summed E-state index contributed by atoms with van der Waals surface area (Å²) in [6.07, 6.45) is -1.02. The zero-order valence-electron chi connectivity index (χ0n) is 16.8. The lowest BCUT2D eigenvalue weighted by Crippen LogP contribution is -2.51. The van der Waals surface area contributed by atoms with Crippen molar-refractivity contribution in [2.24, 2.45) is 0 Å². The first-order valence-corrected chi connectivity index (χ1v) is 9.36. The van der Waals surface area contributed by atoms with E-state index >= 15 is 0 Å². The third kappa shape index (κ3) is 5.95. The maximum absolute atomic E-state index is 12.5. The Bertz CT molecular complexity index is 698. The molecule has 28 heavy (non-hydrogen) atoms. The topological polar surface area (TPSA) is 94.2 Å². The maximum Gasteiger partial charge on any atom is 0.308 e. The van der Waals surface area contributed by atoms with E-state index < -0.39 is 12.1 Å². The molecule has 0 saturated carbocycles. The predicted molar refractivity (Wildman–Crippen MR) is 102 cm³/mol. The normalized spacial score (nSPS) is 20.2. The summed E-state index contributed by atoms with van der Waals surface area (Å²) >= 11 is 0. The van der Waals surface area contributed by atoms with Gasteiger partial charge < -0.3 is 24.4 Å². The molecule has 2 amide bonds. The van der Waals surface area contributed by atoms with Crippen LogP contribution < -0.4 is 10.1 Å². The van der Waals surface area contributed by atoms with Crippen LogP contribution >= 0.6 is 0 Å². The predicted octanol–water partition coefficient (Wildman–Crippen LogP) is 1.38. The molecule has 1 aromatic rings. The Morgan fingerprint density at radius 1 is 1.21 bits per heavy atom. The average molecular weight is 392 g/mol. The van der Waals surface area contributed by atoms with Crippen LogP contribution in [0.3, 0.4) is 0 Å². The van der Waals surface area contributed by atoms with Crippen LogP contribution in [0.25, 0.3) is 0 Å². The highest BCUT2D eigenvalue weighted by Crippen LogP contribution is 2.17. The molecule has 0 aliphatic carbocycles. The van der Waals surface area contributed by atoms with E-state index in [1.54, 1.807) is 36.1 Å². The van der Waals surface area contributed by atoms with Crippen molar-refractivity contribution >= 4 is 17.8 Å². The Balaban J connectivity index is 1.77. The smallest absolute Gasteiger partial charge is 0.308 e. The zero-order valence-corrected chi connectivity index (χ0v) is 16.8. The number of hydrogen-bond acceptors (Lipinski definition) is 6. The molecule has 0 spiro atoms. The van der Waals surface area contributed by atoms with Gasteiger partial charge in [0.25, 0.3) is 11.8 Å². The van der Waals surface area contributed by atoms with E-state index in [-0.39, 0.29) is 37.0 Å². The van der Waals surface area contributed by atoms with Crippen LogP contribution in [0.15, 0.2) is 24.3 Å².